The summed E-state index contributed by atoms with van der Waals surface area (Å²) in [4.78, 5) is 11.7. The average molecular weight is 304 g/mol. The molecule has 0 atom stereocenters. The number of carbonyl (C=O) groups is 1. The predicted octanol–water partition coefficient (Wildman–Crippen LogP) is 3.48. The van der Waals surface area contributed by atoms with Crippen molar-refractivity contribution >= 4 is 17.7 Å². The Kier molecular flexibility index (Phi) is 7.50. The lowest BCUT2D eigenvalue weighted by Crippen LogP contribution is -2.23. The number of rotatable bonds is 8. The lowest BCUT2D eigenvalue weighted by molar-refractivity contribution is -0.116. The van der Waals surface area contributed by atoms with Crippen LogP contribution in [0.1, 0.15) is 39.7 Å². The minimum absolute atomic E-state index is 0.0839. The van der Waals surface area contributed by atoms with Gasteiger partial charge >= 0.3 is 0 Å². The van der Waals surface area contributed by atoms with Crippen molar-refractivity contribution in [2.75, 3.05) is 18.9 Å². The Morgan fingerprint density at radius 3 is 2.59 bits per heavy atom. The second-order valence-electron chi connectivity index (χ2n) is 6.31. The van der Waals surface area contributed by atoms with E-state index in [1.54, 1.807) is 6.08 Å². The van der Waals surface area contributed by atoms with Crippen molar-refractivity contribution in [3.05, 3.63) is 29.8 Å². The molecular formula is C18H28N2O2. The predicted molar refractivity (Wildman–Crippen MR) is 92.7 cm³/mol. The normalized spacial score (nSPS) is 11.4. The zero-order valence-corrected chi connectivity index (χ0v) is 14.1. The third-order valence-electron chi connectivity index (χ3n) is 3.05. The number of nitrogen functional groups attached to an aromatic ring is 1. The molecule has 0 heterocycles. The van der Waals surface area contributed by atoms with Gasteiger partial charge in [-0.15, -0.1) is 0 Å². The fourth-order valence-corrected chi connectivity index (χ4v) is 1.77. The van der Waals surface area contributed by atoms with Crippen molar-refractivity contribution < 1.29 is 9.53 Å². The van der Waals surface area contributed by atoms with E-state index in [2.05, 4.69) is 33.0 Å². The molecule has 22 heavy (non-hydrogen) atoms. The number of hydrogen-bond donors (Lipinski definition) is 2. The van der Waals surface area contributed by atoms with Gasteiger partial charge in [-0.25, -0.2) is 0 Å². The van der Waals surface area contributed by atoms with Gasteiger partial charge in [0.25, 0.3) is 0 Å². The number of hydrogen-bond acceptors (Lipinski definition) is 3. The molecule has 1 aromatic rings. The van der Waals surface area contributed by atoms with E-state index < -0.39 is 0 Å². The van der Waals surface area contributed by atoms with Gasteiger partial charge < -0.3 is 15.8 Å². The molecule has 0 saturated heterocycles. The summed E-state index contributed by atoms with van der Waals surface area (Å²) in [5.74, 6) is 1.64. The number of anilines is 1. The van der Waals surface area contributed by atoms with Crippen LogP contribution in [-0.2, 0) is 4.79 Å². The lowest BCUT2D eigenvalue weighted by atomic mass is 10.1. The monoisotopic (exact) mass is 304 g/mol. The highest BCUT2D eigenvalue weighted by Crippen LogP contribution is 2.23. The minimum Gasteiger partial charge on any atom is -0.491 e. The van der Waals surface area contributed by atoms with Gasteiger partial charge in [-0.2, -0.15) is 0 Å². The van der Waals surface area contributed by atoms with Gasteiger partial charge in [-0.3, -0.25) is 4.79 Å². The zero-order valence-electron chi connectivity index (χ0n) is 14.1. The van der Waals surface area contributed by atoms with E-state index in [0.717, 1.165) is 12.0 Å². The number of ether oxygens (including phenoxy) is 1. The van der Waals surface area contributed by atoms with E-state index in [4.69, 9.17) is 10.5 Å². The SMILES string of the molecule is CC(C)CCNC(=O)/C=C\c1ccc(OCC(C)C)c(N)c1. The summed E-state index contributed by atoms with van der Waals surface area (Å²) < 4.78 is 5.63. The summed E-state index contributed by atoms with van der Waals surface area (Å²) in [5, 5.41) is 2.86. The molecule has 0 aromatic heterocycles. The van der Waals surface area contributed by atoms with Gasteiger partial charge in [-0.05, 0) is 42.0 Å². The maximum absolute atomic E-state index is 11.7. The molecule has 4 nitrogen and oxygen atoms in total. The molecule has 0 aliphatic carbocycles. The summed E-state index contributed by atoms with van der Waals surface area (Å²) in [6.45, 7) is 9.78. The van der Waals surface area contributed by atoms with Gasteiger partial charge in [-0.1, -0.05) is 33.8 Å². The van der Waals surface area contributed by atoms with E-state index in [-0.39, 0.29) is 5.91 Å². The first-order chi connectivity index (χ1) is 10.4. The Morgan fingerprint density at radius 1 is 1.27 bits per heavy atom. The number of amides is 1. The molecule has 1 aromatic carbocycles. The van der Waals surface area contributed by atoms with Crippen LogP contribution in [0, 0.1) is 11.8 Å². The van der Waals surface area contributed by atoms with Crippen LogP contribution in [0.4, 0.5) is 5.69 Å². The molecular weight excluding hydrogens is 276 g/mol. The second kappa shape index (κ2) is 9.13. The van der Waals surface area contributed by atoms with Crippen molar-refractivity contribution in [2.45, 2.75) is 34.1 Å². The average Bonchev–Trinajstić information content (AvgIpc) is 2.43. The standard InChI is InChI=1S/C18H28N2O2/c1-13(2)9-10-20-18(21)8-6-15-5-7-17(16(19)11-15)22-12-14(3)4/h5-8,11,13-14H,9-10,12,19H2,1-4H3,(H,20,21)/b8-6-. The summed E-state index contributed by atoms with van der Waals surface area (Å²) in [6, 6.07) is 5.55. The smallest absolute Gasteiger partial charge is 0.243 e. The first-order valence-electron chi connectivity index (χ1n) is 7.86. The number of nitrogens with one attached hydrogen (secondary N) is 1. The number of nitrogens with two attached hydrogens (primary N) is 1. The van der Waals surface area contributed by atoms with E-state index in [0.29, 0.717) is 36.4 Å². The van der Waals surface area contributed by atoms with Crippen molar-refractivity contribution in [3.63, 3.8) is 0 Å². The molecule has 0 radical (unpaired) electrons. The molecule has 0 aliphatic rings. The minimum atomic E-state index is -0.0839. The third kappa shape index (κ3) is 7.16. The quantitative estimate of drug-likeness (QED) is 0.571. The molecule has 1 amide bonds. The summed E-state index contributed by atoms with van der Waals surface area (Å²) in [5.41, 5.74) is 7.44. The lowest BCUT2D eigenvalue weighted by Gasteiger charge is -2.11. The Bertz CT molecular complexity index is 508. The number of carbonyl (C=O) groups excluding carboxylic acids is 1. The van der Waals surface area contributed by atoms with Gasteiger partial charge in [0.2, 0.25) is 5.91 Å². The van der Waals surface area contributed by atoms with Gasteiger partial charge in [0, 0.05) is 12.6 Å². The number of benzene rings is 1. The largest absolute Gasteiger partial charge is 0.491 e. The Labute approximate surface area is 133 Å². The molecule has 0 fully saturated rings. The molecule has 0 unspecified atom stereocenters. The van der Waals surface area contributed by atoms with Crippen LogP contribution in [0.15, 0.2) is 24.3 Å². The Balaban J connectivity index is 2.53. The van der Waals surface area contributed by atoms with Crippen LogP contribution in [0.2, 0.25) is 0 Å². The van der Waals surface area contributed by atoms with Crippen LogP contribution < -0.4 is 15.8 Å². The molecule has 4 heteroatoms. The second-order valence-corrected chi connectivity index (χ2v) is 6.31. The summed E-state index contributed by atoms with van der Waals surface area (Å²) in [6.07, 6.45) is 4.27. The molecule has 0 saturated carbocycles. The molecule has 0 bridgehead atoms. The van der Waals surface area contributed by atoms with Crippen molar-refractivity contribution in [3.8, 4) is 5.75 Å². The van der Waals surface area contributed by atoms with Crippen LogP contribution in [0.5, 0.6) is 5.75 Å². The summed E-state index contributed by atoms with van der Waals surface area (Å²) >= 11 is 0. The fourth-order valence-electron chi connectivity index (χ4n) is 1.77. The Hall–Kier alpha value is -1.97. The first-order valence-corrected chi connectivity index (χ1v) is 7.86. The van der Waals surface area contributed by atoms with Crippen LogP contribution in [0.25, 0.3) is 6.08 Å². The van der Waals surface area contributed by atoms with E-state index >= 15 is 0 Å². The van der Waals surface area contributed by atoms with Crippen molar-refractivity contribution in [1.29, 1.82) is 0 Å². The van der Waals surface area contributed by atoms with Gasteiger partial charge in [0.05, 0.1) is 12.3 Å². The molecule has 0 aliphatic heterocycles. The fraction of sp³-hybridized carbons (Fsp3) is 0.500. The zero-order chi connectivity index (χ0) is 16.5. The Morgan fingerprint density at radius 2 is 2.00 bits per heavy atom. The van der Waals surface area contributed by atoms with E-state index in [1.807, 2.05) is 18.2 Å². The highest BCUT2D eigenvalue weighted by Gasteiger charge is 2.03. The van der Waals surface area contributed by atoms with E-state index in [9.17, 15) is 4.79 Å². The maximum atomic E-state index is 11.7. The third-order valence-corrected chi connectivity index (χ3v) is 3.05. The van der Waals surface area contributed by atoms with Crippen LogP contribution in [-0.4, -0.2) is 19.1 Å². The highest BCUT2D eigenvalue weighted by atomic mass is 16.5. The summed E-state index contributed by atoms with van der Waals surface area (Å²) in [7, 11) is 0. The molecule has 3 N–H and O–H groups in total. The van der Waals surface area contributed by atoms with Gasteiger partial charge in [0.15, 0.2) is 0 Å². The maximum Gasteiger partial charge on any atom is 0.243 e. The molecule has 122 valence electrons. The topological polar surface area (TPSA) is 64.3 Å². The van der Waals surface area contributed by atoms with Crippen molar-refractivity contribution in [1.82, 2.24) is 5.32 Å². The van der Waals surface area contributed by atoms with Gasteiger partial charge in [0.1, 0.15) is 5.75 Å². The van der Waals surface area contributed by atoms with E-state index in [1.165, 1.54) is 6.08 Å². The molecule has 1 rings (SSSR count). The highest BCUT2D eigenvalue weighted by molar-refractivity contribution is 5.91. The van der Waals surface area contributed by atoms with Crippen LogP contribution >= 0.6 is 0 Å². The molecule has 0 spiro atoms. The first kappa shape index (κ1) is 18.1. The van der Waals surface area contributed by atoms with Crippen molar-refractivity contribution in [2.24, 2.45) is 11.8 Å². The van der Waals surface area contributed by atoms with Crippen LogP contribution in [0.3, 0.4) is 0 Å².